The third-order valence-electron chi connectivity index (χ3n) is 3.10. The smallest absolute Gasteiger partial charge is 0.124 e. The summed E-state index contributed by atoms with van der Waals surface area (Å²) >= 11 is 4.99. The SMILES string of the molecule is Fc1ccc(-c2nc(C3CCCN3)cs2)c(Br)c1. The minimum atomic E-state index is -0.236. The fourth-order valence-electron chi connectivity index (χ4n) is 2.17. The van der Waals surface area contributed by atoms with Crippen molar-refractivity contribution in [2.45, 2.75) is 18.9 Å². The molecule has 0 saturated carbocycles. The van der Waals surface area contributed by atoms with E-state index in [-0.39, 0.29) is 5.82 Å². The molecule has 1 aliphatic rings. The summed E-state index contributed by atoms with van der Waals surface area (Å²) in [6.07, 6.45) is 2.35. The molecule has 1 aromatic carbocycles. The highest BCUT2D eigenvalue weighted by Gasteiger charge is 2.19. The van der Waals surface area contributed by atoms with Gasteiger partial charge >= 0.3 is 0 Å². The average molecular weight is 327 g/mol. The second-order valence-electron chi connectivity index (χ2n) is 4.35. The summed E-state index contributed by atoms with van der Waals surface area (Å²) in [6, 6.07) is 5.10. The third kappa shape index (κ3) is 2.35. The van der Waals surface area contributed by atoms with Gasteiger partial charge in [-0.15, -0.1) is 11.3 Å². The fraction of sp³-hybridized carbons (Fsp3) is 0.308. The first-order valence-electron chi connectivity index (χ1n) is 5.88. The van der Waals surface area contributed by atoms with Crippen molar-refractivity contribution in [3.8, 4) is 10.6 Å². The summed E-state index contributed by atoms with van der Waals surface area (Å²) < 4.78 is 13.8. The average Bonchev–Trinajstić information content (AvgIpc) is 2.99. The molecule has 2 heterocycles. The molecule has 1 aromatic heterocycles. The van der Waals surface area contributed by atoms with Crippen LogP contribution in [0.3, 0.4) is 0 Å². The second-order valence-corrected chi connectivity index (χ2v) is 6.06. The van der Waals surface area contributed by atoms with Crippen molar-refractivity contribution in [1.82, 2.24) is 10.3 Å². The molecular formula is C13H12BrFN2S. The van der Waals surface area contributed by atoms with Gasteiger partial charge in [0.25, 0.3) is 0 Å². The molecular weight excluding hydrogens is 315 g/mol. The zero-order valence-corrected chi connectivity index (χ0v) is 12.0. The molecule has 18 heavy (non-hydrogen) atoms. The summed E-state index contributed by atoms with van der Waals surface area (Å²) in [5.74, 6) is -0.236. The Hall–Kier alpha value is -0.780. The van der Waals surface area contributed by atoms with E-state index in [4.69, 9.17) is 0 Å². The molecule has 0 radical (unpaired) electrons. The van der Waals surface area contributed by atoms with Gasteiger partial charge in [-0.2, -0.15) is 0 Å². The third-order valence-corrected chi connectivity index (χ3v) is 4.65. The Labute approximate surface area is 117 Å². The number of aromatic nitrogens is 1. The predicted octanol–water partition coefficient (Wildman–Crippen LogP) is 4.14. The molecule has 1 N–H and O–H groups in total. The molecule has 5 heteroatoms. The van der Waals surface area contributed by atoms with Crippen LogP contribution in [0.5, 0.6) is 0 Å². The van der Waals surface area contributed by atoms with E-state index >= 15 is 0 Å². The van der Waals surface area contributed by atoms with Crippen LogP contribution in [0.15, 0.2) is 28.1 Å². The largest absolute Gasteiger partial charge is 0.309 e. The van der Waals surface area contributed by atoms with Gasteiger partial charge in [0.05, 0.1) is 11.7 Å². The number of hydrogen-bond donors (Lipinski definition) is 1. The molecule has 0 aliphatic carbocycles. The molecule has 3 rings (SSSR count). The molecule has 0 spiro atoms. The molecule has 2 nitrogen and oxygen atoms in total. The monoisotopic (exact) mass is 326 g/mol. The van der Waals surface area contributed by atoms with Crippen LogP contribution in [0.4, 0.5) is 4.39 Å². The lowest BCUT2D eigenvalue weighted by atomic mass is 10.2. The van der Waals surface area contributed by atoms with Crippen LogP contribution in [-0.4, -0.2) is 11.5 Å². The van der Waals surface area contributed by atoms with Crippen molar-refractivity contribution in [3.05, 3.63) is 39.6 Å². The van der Waals surface area contributed by atoms with E-state index in [2.05, 4.69) is 31.6 Å². The van der Waals surface area contributed by atoms with Gasteiger partial charge in [0.2, 0.25) is 0 Å². The molecule has 1 aliphatic heterocycles. The summed E-state index contributed by atoms with van der Waals surface area (Å²) in [5.41, 5.74) is 2.05. The lowest BCUT2D eigenvalue weighted by Crippen LogP contribution is -2.12. The van der Waals surface area contributed by atoms with Crippen molar-refractivity contribution in [1.29, 1.82) is 0 Å². The number of rotatable bonds is 2. The standard InChI is InChI=1S/C13H12BrFN2S/c14-10-6-8(15)3-4-9(10)13-17-12(7-18-13)11-2-1-5-16-11/h3-4,6-7,11,16H,1-2,5H2. The maximum absolute atomic E-state index is 13.1. The van der Waals surface area contributed by atoms with Gasteiger partial charge < -0.3 is 5.32 Å². The first-order chi connectivity index (χ1) is 8.74. The lowest BCUT2D eigenvalue weighted by Gasteiger charge is -2.05. The summed E-state index contributed by atoms with van der Waals surface area (Å²) in [7, 11) is 0. The molecule has 0 amide bonds. The van der Waals surface area contributed by atoms with E-state index in [0.29, 0.717) is 6.04 Å². The van der Waals surface area contributed by atoms with Gasteiger partial charge in [-0.05, 0) is 53.5 Å². The van der Waals surface area contributed by atoms with Gasteiger partial charge in [-0.3, -0.25) is 0 Å². The Morgan fingerprint density at radius 1 is 1.44 bits per heavy atom. The second kappa shape index (κ2) is 5.07. The van der Waals surface area contributed by atoms with Crippen LogP contribution < -0.4 is 5.32 Å². The molecule has 1 fully saturated rings. The molecule has 0 bridgehead atoms. The summed E-state index contributed by atoms with van der Waals surface area (Å²) in [5, 5.41) is 6.46. The Balaban J connectivity index is 1.92. The summed E-state index contributed by atoms with van der Waals surface area (Å²) in [4.78, 5) is 4.66. The highest BCUT2D eigenvalue weighted by Crippen LogP contribution is 2.33. The number of nitrogens with zero attached hydrogens (tertiary/aromatic N) is 1. The van der Waals surface area contributed by atoms with E-state index in [0.717, 1.165) is 33.7 Å². The van der Waals surface area contributed by atoms with Crippen molar-refractivity contribution < 1.29 is 4.39 Å². The Morgan fingerprint density at radius 2 is 2.33 bits per heavy atom. The van der Waals surface area contributed by atoms with Crippen LogP contribution >= 0.6 is 27.3 Å². The lowest BCUT2D eigenvalue weighted by molar-refractivity contribution is 0.627. The zero-order chi connectivity index (χ0) is 12.5. The van der Waals surface area contributed by atoms with Crippen LogP contribution in [0, 0.1) is 5.82 Å². The van der Waals surface area contributed by atoms with E-state index < -0.39 is 0 Å². The van der Waals surface area contributed by atoms with Gasteiger partial charge in [0.1, 0.15) is 10.8 Å². The topological polar surface area (TPSA) is 24.9 Å². The number of halogens is 2. The maximum Gasteiger partial charge on any atom is 0.124 e. The highest BCUT2D eigenvalue weighted by atomic mass is 79.9. The molecule has 1 saturated heterocycles. The summed E-state index contributed by atoms with van der Waals surface area (Å²) in [6.45, 7) is 1.07. The Morgan fingerprint density at radius 3 is 3.06 bits per heavy atom. The number of nitrogens with one attached hydrogen (secondary N) is 1. The van der Waals surface area contributed by atoms with Gasteiger partial charge in [-0.1, -0.05) is 0 Å². The van der Waals surface area contributed by atoms with E-state index in [9.17, 15) is 4.39 Å². The zero-order valence-electron chi connectivity index (χ0n) is 9.62. The van der Waals surface area contributed by atoms with E-state index in [1.807, 2.05) is 0 Å². The van der Waals surface area contributed by atoms with Crippen LogP contribution in [0.25, 0.3) is 10.6 Å². The Kier molecular flexibility index (Phi) is 3.46. The number of benzene rings is 1. The van der Waals surface area contributed by atoms with Crippen molar-refractivity contribution in [2.75, 3.05) is 6.54 Å². The fourth-order valence-corrected chi connectivity index (χ4v) is 3.75. The van der Waals surface area contributed by atoms with Crippen LogP contribution in [0.1, 0.15) is 24.6 Å². The first kappa shape index (κ1) is 12.3. The maximum atomic E-state index is 13.1. The van der Waals surface area contributed by atoms with Gasteiger partial charge in [0, 0.05) is 15.4 Å². The van der Waals surface area contributed by atoms with Gasteiger partial charge in [0.15, 0.2) is 0 Å². The van der Waals surface area contributed by atoms with E-state index in [1.165, 1.54) is 18.6 Å². The molecule has 94 valence electrons. The normalized spacial score (nSPS) is 19.3. The highest BCUT2D eigenvalue weighted by molar-refractivity contribution is 9.10. The minimum Gasteiger partial charge on any atom is -0.309 e. The van der Waals surface area contributed by atoms with Gasteiger partial charge in [-0.25, -0.2) is 9.37 Å². The van der Waals surface area contributed by atoms with Crippen molar-refractivity contribution >= 4 is 27.3 Å². The van der Waals surface area contributed by atoms with Crippen LogP contribution in [0.2, 0.25) is 0 Å². The molecule has 1 atom stereocenters. The quantitative estimate of drug-likeness (QED) is 0.897. The first-order valence-corrected chi connectivity index (χ1v) is 7.55. The van der Waals surface area contributed by atoms with E-state index in [1.54, 1.807) is 17.4 Å². The predicted molar refractivity (Wildman–Crippen MR) is 75.2 cm³/mol. The van der Waals surface area contributed by atoms with Crippen molar-refractivity contribution in [3.63, 3.8) is 0 Å². The number of thiazole rings is 1. The Bertz CT molecular complexity index is 564. The minimum absolute atomic E-state index is 0.236. The molecule has 2 aromatic rings. The molecule has 1 unspecified atom stereocenters. The van der Waals surface area contributed by atoms with Crippen molar-refractivity contribution in [2.24, 2.45) is 0 Å². The number of hydrogen-bond acceptors (Lipinski definition) is 3. The van der Waals surface area contributed by atoms with Crippen LogP contribution in [-0.2, 0) is 0 Å².